The van der Waals surface area contributed by atoms with Gasteiger partial charge in [-0.2, -0.15) is 0 Å². The summed E-state index contributed by atoms with van der Waals surface area (Å²) in [6.45, 7) is 1.62. The van der Waals surface area contributed by atoms with Crippen LogP contribution in [0.1, 0.15) is 18.5 Å². The van der Waals surface area contributed by atoms with Crippen LogP contribution >= 0.6 is 0 Å². The minimum absolute atomic E-state index is 0.255. The smallest absolute Gasteiger partial charge is 0.273 e. The number of nitrogens with one attached hydrogen (secondary N) is 1. The predicted molar refractivity (Wildman–Crippen MR) is 103 cm³/mol. The third-order valence-electron chi connectivity index (χ3n) is 4.74. The quantitative estimate of drug-likeness (QED) is 0.747. The molecule has 2 aromatic carbocycles. The van der Waals surface area contributed by atoms with Crippen molar-refractivity contribution in [2.45, 2.75) is 19.5 Å². The van der Waals surface area contributed by atoms with Crippen molar-refractivity contribution in [1.29, 1.82) is 0 Å². The zero-order valence-electron chi connectivity index (χ0n) is 15.4. The molecule has 1 unspecified atom stereocenters. The van der Waals surface area contributed by atoms with Crippen molar-refractivity contribution in [2.75, 3.05) is 14.2 Å². The van der Waals surface area contributed by atoms with Crippen molar-refractivity contribution >= 4 is 16.7 Å². The minimum atomic E-state index is -0.406. The van der Waals surface area contributed by atoms with Crippen LogP contribution in [0.15, 0.2) is 58.1 Å². The van der Waals surface area contributed by atoms with E-state index in [1.807, 2.05) is 31.2 Å². The summed E-state index contributed by atoms with van der Waals surface area (Å²) < 4.78 is 6.41. The SMILES string of the molecule is COc1ccccc1C(C)N(C)C(=O)Cn1[nH]c(=O)c2ccccc2c1=O. The Labute approximate surface area is 155 Å². The summed E-state index contributed by atoms with van der Waals surface area (Å²) in [5.41, 5.74) is 0.0468. The van der Waals surface area contributed by atoms with Gasteiger partial charge in [-0.3, -0.25) is 19.5 Å². The highest BCUT2D eigenvalue weighted by atomic mass is 16.5. The third kappa shape index (κ3) is 3.48. The number of rotatable bonds is 5. The van der Waals surface area contributed by atoms with Gasteiger partial charge in [0.25, 0.3) is 11.1 Å². The fourth-order valence-corrected chi connectivity index (χ4v) is 3.04. The lowest BCUT2D eigenvalue weighted by Gasteiger charge is -2.26. The molecule has 7 nitrogen and oxygen atoms in total. The molecule has 1 heterocycles. The molecule has 0 saturated carbocycles. The Kier molecular flexibility index (Phi) is 5.12. The molecule has 0 spiro atoms. The number of nitrogens with zero attached hydrogens (tertiary/aromatic N) is 2. The Balaban J connectivity index is 1.89. The van der Waals surface area contributed by atoms with E-state index in [0.29, 0.717) is 11.1 Å². The maximum Gasteiger partial charge on any atom is 0.273 e. The molecule has 0 aliphatic rings. The van der Waals surface area contributed by atoms with E-state index >= 15 is 0 Å². The number of aromatic nitrogens is 2. The zero-order valence-corrected chi connectivity index (χ0v) is 15.4. The number of likely N-dealkylation sites (N-methyl/N-ethyl adjacent to an activating group) is 1. The van der Waals surface area contributed by atoms with Gasteiger partial charge in [0.05, 0.1) is 23.9 Å². The first-order valence-electron chi connectivity index (χ1n) is 8.54. The van der Waals surface area contributed by atoms with Crippen molar-refractivity contribution in [2.24, 2.45) is 0 Å². The molecule has 0 radical (unpaired) electrons. The van der Waals surface area contributed by atoms with Gasteiger partial charge >= 0.3 is 0 Å². The van der Waals surface area contributed by atoms with E-state index in [1.54, 1.807) is 38.4 Å². The van der Waals surface area contributed by atoms with Crippen molar-refractivity contribution in [3.63, 3.8) is 0 Å². The van der Waals surface area contributed by atoms with Gasteiger partial charge in [-0.1, -0.05) is 30.3 Å². The third-order valence-corrected chi connectivity index (χ3v) is 4.74. The van der Waals surface area contributed by atoms with E-state index in [4.69, 9.17) is 4.74 Å². The summed E-state index contributed by atoms with van der Waals surface area (Å²) in [5, 5.41) is 3.08. The summed E-state index contributed by atoms with van der Waals surface area (Å²) >= 11 is 0. The highest BCUT2D eigenvalue weighted by Gasteiger charge is 2.21. The maximum absolute atomic E-state index is 12.7. The van der Waals surface area contributed by atoms with Crippen LogP contribution in [-0.2, 0) is 11.3 Å². The van der Waals surface area contributed by atoms with E-state index in [9.17, 15) is 14.4 Å². The maximum atomic E-state index is 12.7. The average Bonchev–Trinajstić information content (AvgIpc) is 2.70. The van der Waals surface area contributed by atoms with Crippen molar-refractivity contribution < 1.29 is 9.53 Å². The first-order chi connectivity index (χ1) is 12.9. The van der Waals surface area contributed by atoms with E-state index in [0.717, 1.165) is 10.2 Å². The Morgan fingerprint density at radius 1 is 1.11 bits per heavy atom. The number of H-pyrrole nitrogens is 1. The molecule has 27 heavy (non-hydrogen) atoms. The van der Waals surface area contributed by atoms with E-state index in [1.165, 1.54) is 4.90 Å². The second-order valence-corrected chi connectivity index (χ2v) is 6.30. The molecular weight excluding hydrogens is 346 g/mol. The molecule has 0 aliphatic heterocycles. The largest absolute Gasteiger partial charge is 0.496 e. The molecule has 1 amide bonds. The molecule has 1 aromatic heterocycles. The molecule has 3 aromatic rings. The van der Waals surface area contributed by atoms with Crippen molar-refractivity contribution in [1.82, 2.24) is 14.7 Å². The summed E-state index contributed by atoms with van der Waals surface area (Å²) in [6, 6.07) is 13.7. The summed E-state index contributed by atoms with van der Waals surface area (Å²) in [6.07, 6.45) is 0. The van der Waals surface area contributed by atoms with Gasteiger partial charge in [0.15, 0.2) is 0 Å². The van der Waals surface area contributed by atoms with Gasteiger partial charge in [0.2, 0.25) is 5.91 Å². The second-order valence-electron chi connectivity index (χ2n) is 6.30. The number of hydrogen-bond donors (Lipinski definition) is 1. The van der Waals surface area contributed by atoms with E-state index in [2.05, 4.69) is 5.10 Å². The highest BCUT2D eigenvalue weighted by Crippen LogP contribution is 2.28. The summed E-state index contributed by atoms with van der Waals surface area (Å²) in [4.78, 5) is 39.0. The lowest BCUT2D eigenvalue weighted by molar-refractivity contribution is -0.132. The summed E-state index contributed by atoms with van der Waals surface area (Å²) in [7, 11) is 3.23. The van der Waals surface area contributed by atoms with Crippen LogP contribution in [0.4, 0.5) is 0 Å². The van der Waals surface area contributed by atoms with Gasteiger partial charge in [0, 0.05) is 12.6 Å². The monoisotopic (exact) mass is 367 g/mol. The number of ether oxygens (including phenoxy) is 1. The molecule has 0 saturated heterocycles. The highest BCUT2D eigenvalue weighted by molar-refractivity contribution is 5.81. The number of aromatic amines is 1. The number of benzene rings is 2. The Morgan fingerprint density at radius 2 is 1.74 bits per heavy atom. The number of amides is 1. The fourth-order valence-electron chi connectivity index (χ4n) is 3.04. The molecule has 1 atom stereocenters. The number of carbonyl (C=O) groups is 1. The molecule has 7 heteroatoms. The number of hydrogen-bond acceptors (Lipinski definition) is 4. The van der Waals surface area contributed by atoms with Gasteiger partial charge in [-0.05, 0) is 25.1 Å². The van der Waals surface area contributed by atoms with Gasteiger partial charge in [-0.25, -0.2) is 4.68 Å². The van der Waals surface area contributed by atoms with Crippen LogP contribution in [0, 0.1) is 0 Å². The normalized spacial score (nSPS) is 12.0. The second kappa shape index (κ2) is 7.49. The lowest BCUT2D eigenvalue weighted by Crippen LogP contribution is -2.38. The Hall–Kier alpha value is -3.35. The first kappa shape index (κ1) is 18.4. The minimum Gasteiger partial charge on any atom is -0.496 e. The van der Waals surface area contributed by atoms with Crippen LogP contribution in [0.25, 0.3) is 10.8 Å². The number of methoxy groups -OCH3 is 1. The molecule has 0 bridgehead atoms. The Bertz CT molecular complexity index is 1100. The predicted octanol–water partition coefficient (Wildman–Crippen LogP) is 1.92. The topological polar surface area (TPSA) is 84.4 Å². The van der Waals surface area contributed by atoms with Crippen LogP contribution in [0.5, 0.6) is 5.75 Å². The standard InChI is InChI=1S/C20H21N3O4/c1-13(14-8-6-7-11-17(14)27-3)22(2)18(24)12-23-20(26)16-10-5-4-9-15(16)19(25)21-23/h4-11,13H,12H2,1-3H3,(H,21,25). The van der Waals surface area contributed by atoms with Crippen molar-refractivity contribution in [3.8, 4) is 5.75 Å². The van der Waals surface area contributed by atoms with Gasteiger partial charge < -0.3 is 9.64 Å². The average molecular weight is 367 g/mol. The lowest BCUT2D eigenvalue weighted by atomic mass is 10.1. The van der Waals surface area contributed by atoms with Gasteiger partial charge in [-0.15, -0.1) is 0 Å². The van der Waals surface area contributed by atoms with E-state index < -0.39 is 11.1 Å². The summed E-state index contributed by atoms with van der Waals surface area (Å²) in [5.74, 6) is 0.377. The van der Waals surface area contributed by atoms with Crippen LogP contribution in [-0.4, -0.2) is 34.7 Å². The van der Waals surface area contributed by atoms with Crippen LogP contribution in [0.3, 0.4) is 0 Å². The molecule has 140 valence electrons. The molecule has 3 rings (SSSR count). The van der Waals surface area contributed by atoms with Crippen LogP contribution < -0.4 is 15.9 Å². The number of fused-ring (bicyclic) bond motifs is 1. The Morgan fingerprint density at radius 3 is 2.44 bits per heavy atom. The van der Waals surface area contributed by atoms with Crippen molar-refractivity contribution in [3.05, 3.63) is 74.8 Å². The number of para-hydroxylation sites is 1. The first-order valence-corrected chi connectivity index (χ1v) is 8.54. The van der Waals surface area contributed by atoms with E-state index in [-0.39, 0.29) is 23.9 Å². The fraction of sp³-hybridized carbons (Fsp3) is 0.250. The van der Waals surface area contributed by atoms with Gasteiger partial charge in [0.1, 0.15) is 12.3 Å². The number of carbonyl (C=O) groups excluding carboxylic acids is 1. The molecule has 0 fully saturated rings. The zero-order chi connectivity index (χ0) is 19.6. The molecule has 1 N–H and O–H groups in total. The molecule has 0 aliphatic carbocycles. The molecular formula is C20H21N3O4. The van der Waals surface area contributed by atoms with Crippen LogP contribution in [0.2, 0.25) is 0 Å².